The minimum Gasteiger partial charge on any atom is -0.258 e. The maximum Gasteiger partial charge on any atom is 0.269 e. The van der Waals surface area contributed by atoms with Crippen molar-refractivity contribution in [1.29, 1.82) is 5.26 Å². The molecule has 1 aromatic rings. The summed E-state index contributed by atoms with van der Waals surface area (Å²) in [5.41, 5.74) is 0.578. The Hall–Kier alpha value is -1.86. The first-order valence-electron chi connectivity index (χ1n) is 3.65. The molecule has 0 N–H and O–H groups in total. The van der Waals surface area contributed by atoms with Crippen molar-refractivity contribution >= 4 is 22.3 Å². The van der Waals surface area contributed by atoms with E-state index in [9.17, 15) is 10.1 Å². The predicted molar refractivity (Wildman–Crippen MR) is 52.5 cm³/mol. The summed E-state index contributed by atoms with van der Waals surface area (Å²) < 4.78 is 0. The summed E-state index contributed by atoms with van der Waals surface area (Å²) in [6, 6.07) is 7.44. The lowest BCUT2D eigenvalue weighted by Crippen LogP contribution is -1.87. The van der Waals surface area contributed by atoms with Gasteiger partial charge in [0, 0.05) is 18.2 Å². The van der Waals surface area contributed by atoms with Gasteiger partial charge < -0.3 is 0 Å². The first-order chi connectivity index (χ1) is 6.65. The Morgan fingerprint density at radius 2 is 2.07 bits per heavy atom. The summed E-state index contributed by atoms with van der Waals surface area (Å²) >= 11 is 5.71. The molecule has 70 valence electrons. The highest BCUT2D eigenvalue weighted by Gasteiger charge is 2.04. The van der Waals surface area contributed by atoms with Crippen molar-refractivity contribution in [3.63, 3.8) is 0 Å². The second-order valence-electron chi connectivity index (χ2n) is 2.43. The molecular formula is C9H5ClN2O2. The third kappa shape index (κ3) is 2.31. The molecule has 0 amide bonds. The average molecular weight is 209 g/mol. The van der Waals surface area contributed by atoms with Gasteiger partial charge in [0.1, 0.15) is 0 Å². The summed E-state index contributed by atoms with van der Waals surface area (Å²) in [7, 11) is 0. The molecule has 0 spiro atoms. The third-order valence-corrected chi connectivity index (χ3v) is 1.87. The van der Waals surface area contributed by atoms with Crippen LogP contribution >= 0.6 is 11.6 Å². The standard InChI is InChI=1S/C9H5ClN2O2/c10-9(5-6-11)7-1-3-8(4-2-7)12(13)14/h1-5H/b9-5+. The van der Waals surface area contributed by atoms with E-state index in [2.05, 4.69) is 0 Å². The van der Waals surface area contributed by atoms with Crippen molar-refractivity contribution in [2.45, 2.75) is 0 Å². The number of halogens is 1. The molecule has 0 aliphatic carbocycles. The predicted octanol–water partition coefficient (Wildman–Crippen LogP) is 2.70. The zero-order valence-electron chi connectivity index (χ0n) is 6.98. The highest BCUT2D eigenvalue weighted by Crippen LogP contribution is 2.21. The van der Waals surface area contributed by atoms with E-state index in [1.165, 1.54) is 30.3 Å². The Bertz CT molecular complexity index is 417. The number of nitrogens with zero attached hydrogens (tertiary/aromatic N) is 2. The Balaban J connectivity index is 3.01. The summed E-state index contributed by atoms with van der Waals surface area (Å²) in [6.07, 6.45) is 1.17. The normalized spacial score (nSPS) is 10.7. The average Bonchev–Trinajstić information content (AvgIpc) is 2.18. The van der Waals surface area contributed by atoms with Crippen LogP contribution in [0.5, 0.6) is 0 Å². The molecule has 0 heterocycles. The molecule has 0 aromatic heterocycles. The Morgan fingerprint density at radius 3 is 2.50 bits per heavy atom. The van der Waals surface area contributed by atoms with E-state index in [0.29, 0.717) is 5.56 Å². The van der Waals surface area contributed by atoms with Gasteiger partial charge in [-0.3, -0.25) is 10.1 Å². The monoisotopic (exact) mass is 208 g/mol. The first-order valence-corrected chi connectivity index (χ1v) is 4.03. The zero-order chi connectivity index (χ0) is 10.6. The van der Waals surface area contributed by atoms with Gasteiger partial charge >= 0.3 is 0 Å². The maximum absolute atomic E-state index is 10.3. The lowest BCUT2D eigenvalue weighted by atomic mass is 10.2. The van der Waals surface area contributed by atoms with E-state index >= 15 is 0 Å². The van der Waals surface area contributed by atoms with Gasteiger partial charge in [-0.2, -0.15) is 5.26 Å². The smallest absolute Gasteiger partial charge is 0.258 e. The van der Waals surface area contributed by atoms with Crippen LogP contribution in [-0.2, 0) is 0 Å². The fourth-order valence-corrected chi connectivity index (χ4v) is 1.06. The van der Waals surface area contributed by atoms with Gasteiger partial charge in [-0.25, -0.2) is 0 Å². The second-order valence-corrected chi connectivity index (χ2v) is 2.83. The van der Waals surface area contributed by atoms with Crippen LogP contribution in [-0.4, -0.2) is 4.92 Å². The SMILES string of the molecule is N#C/C=C(/Cl)c1ccc([N+](=O)[O-])cc1. The van der Waals surface area contributed by atoms with Gasteiger partial charge in [0.15, 0.2) is 0 Å². The number of benzene rings is 1. The van der Waals surface area contributed by atoms with Crippen molar-refractivity contribution < 1.29 is 4.92 Å². The van der Waals surface area contributed by atoms with Gasteiger partial charge in [-0.05, 0) is 17.7 Å². The molecule has 5 heteroatoms. The number of nitriles is 1. The van der Waals surface area contributed by atoms with Crippen molar-refractivity contribution in [1.82, 2.24) is 0 Å². The lowest BCUT2D eigenvalue weighted by Gasteiger charge is -1.96. The van der Waals surface area contributed by atoms with Gasteiger partial charge in [0.25, 0.3) is 5.69 Å². The molecule has 4 nitrogen and oxygen atoms in total. The summed E-state index contributed by atoms with van der Waals surface area (Å²) in [6.45, 7) is 0. The molecule has 0 radical (unpaired) electrons. The molecule has 14 heavy (non-hydrogen) atoms. The van der Waals surface area contributed by atoms with Crippen LogP contribution in [0.2, 0.25) is 0 Å². The van der Waals surface area contributed by atoms with E-state index in [1.54, 1.807) is 6.07 Å². The minimum absolute atomic E-state index is 0.00447. The molecule has 0 aliphatic rings. The molecule has 0 bridgehead atoms. The van der Waals surface area contributed by atoms with Crippen molar-refractivity contribution in [2.24, 2.45) is 0 Å². The Labute approximate surface area is 85.2 Å². The van der Waals surface area contributed by atoms with Crippen LogP contribution in [0.1, 0.15) is 5.56 Å². The summed E-state index contributed by atoms with van der Waals surface area (Å²) in [5.74, 6) is 0. The number of hydrogen-bond acceptors (Lipinski definition) is 3. The Morgan fingerprint density at radius 1 is 1.50 bits per heavy atom. The molecule has 1 rings (SSSR count). The Kier molecular flexibility index (Phi) is 3.21. The molecule has 1 aromatic carbocycles. The first kappa shape index (κ1) is 10.2. The van der Waals surface area contributed by atoms with Gasteiger partial charge in [0.2, 0.25) is 0 Å². The van der Waals surface area contributed by atoms with Crippen LogP contribution in [0.4, 0.5) is 5.69 Å². The lowest BCUT2D eigenvalue weighted by molar-refractivity contribution is -0.384. The molecule has 0 saturated carbocycles. The molecular weight excluding hydrogens is 204 g/mol. The van der Waals surface area contributed by atoms with Gasteiger partial charge in [-0.1, -0.05) is 11.6 Å². The number of allylic oxidation sites excluding steroid dienone is 1. The van der Waals surface area contributed by atoms with Crippen LogP contribution in [0, 0.1) is 21.4 Å². The van der Waals surface area contributed by atoms with E-state index in [4.69, 9.17) is 16.9 Å². The summed E-state index contributed by atoms with van der Waals surface area (Å²) in [5, 5.41) is 18.9. The summed E-state index contributed by atoms with van der Waals surface area (Å²) in [4.78, 5) is 9.82. The van der Waals surface area contributed by atoms with Crippen LogP contribution in [0.15, 0.2) is 30.3 Å². The van der Waals surface area contributed by atoms with E-state index < -0.39 is 4.92 Å². The number of rotatable bonds is 2. The van der Waals surface area contributed by atoms with E-state index in [0.717, 1.165) is 0 Å². The molecule has 0 atom stereocenters. The highest BCUT2D eigenvalue weighted by atomic mass is 35.5. The van der Waals surface area contributed by atoms with Crippen LogP contribution in [0.3, 0.4) is 0 Å². The van der Waals surface area contributed by atoms with E-state index in [-0.39, 0.29) is 10.7 Å². The highest BCUT2D eigenvalue weighted by molar-refractivity contribution is 6.48. The number of non-ortho nitro benzene ring substituents is 1. The van der Waals surface area contributed by atoms with Crippen molar-refractivity contribution in [2.75, 3.05) is 0 Å². The molecule has 0 unspecified atom stereocenters. The second kappa shape index (κ2) is 4.40. The number of nitro groups is 1. The quantitative estimate of drug-likeness (QED) is 0.426. The maximum atomic E-state index is 10.3. The molecule has 0 fully saturated rings. The van der Waals surface area contributed by atoms with Crippen LogP contribution in [0.25, 0.3) is 5.03 Å². The number of nitro benzene ring substituents is 1. The van der Waals surface area contributed by atoms with Gasteiger partial charge in [0.05, 0.1) is 16.0 Å². The molecule has 0 aliphatic heterocycles. The van der Waals surface area contributed by atoms with Gasteiger partial charge in [-0.15, -0.1) is 0 Å². The van der Waals surface area contributed by atoms with Crippen molar-refractivity contribution in [3.05, 3.63) is 46.0 Å². The number of hydrogen-bond donors (Lipinski definition) is 0. The largest absolute Gasteiger partial charge is 0.269 e. The fraction of sp³-hybridized carbons (Fsp3) is 0. The zero-order valence-corrected chi connectivity index (χ0v) is 7.73. The third-order valence-electron chi connectivity index (χ3n) is 1.55. The van der Waals surface area contributed by atoms with E-state index in [1.807, 2.05) is 0 Å². The fourth-order valence-electron chi connectivity index (χ4n) is 0.882. The topological polar surface area (TPSA) is 66.9 Å². The van der Waals surface area contributed by atoms with Crippen molar-refractivity contribution in [3.8, 4) is 6.07 Å². The van der Waals surface area contributed by atoms with Crippen LogP contribution < -0.4 is 0 Å². The molecule has 0 saturated heterocycles. The minimum atomic E-state index is -0.494.